The van der Waals surface area contributed by atoms with E-state index in [2.05, 4.69) is 16.8 Å². The fraction of sp³-hybridized carbons (Fsp3) is 0.455. The standard InChI is InChI=1S/C11H14N4/c1-8-4-5-15(7-8)11-3-2-9(13)10(6-12)14-11/h2-3,8H,4-5,7,13H2,1H3. The predicted molar refractivity (Wildman–Crippen MR) is 59.4 cm³/mol. The fourth-order valence-corrected chi connectivity index (χ4v) is 1.87. The Morgan fingerprint density at radius 3 is 3.00 bits per heavy atom. The van der Waals surface area contributed by atoms with Crippen molar-refractivity contribution in [2.24, 2.45) is 5.92 Å². The van der Waals surface area contributed by atoms with E-state index in [0.717, 1.165) is 18.9 Å². The summed E-state index contributed by atoms with van der Waals surface area (Å²) in [5, 5.41) is 8.83. The molecule has 1 aliphatic heterocycles. The monoisotopic (exact) mass is 202 g/mol. The van der Waals surface area contributed by atoms with Gasteiger partial charge < -0.3 is 10.6 Å². The summed E-state index contributed by atoms with van der Waals surface area (Å²) >= 11 is 0. The molecule has 1 unspecified atom stereocenters. The lowest BCUT2D eigenvalue weighted by atomic mass is 10.2. The van der Waals surface area contributed by atoms with Crippen LogP contribution >= 0.6 is 0 Å². The van der Waals surface area contributed by atoms with Crippen molar-refractivity contribution in [3.05, 3.63) is 17.8 Å². The lowest BCUT2D eigenvalue weighted by Gasteiger charge is -2.17. The van der Waals surface area contributed by atoms with Gasteiger partial charge in [0.05, 0.1) is 5.69 Å². The van der Waals surface area contributed by atoms with E-state index in [0.29, 0.717) is 17.3 Å². The van der Waals surface area contributed by atoms with Crippen molar-refractivity contribution in [2.75, 3.05) is 23.7 Å². The van der Waals surface area contributed by atoms with Crippen LogP contribution in [0.15, 0.2) is 12.1 Å². The topological polar surface area (TPSA) is 65.9 Å². The van der Waals surface area contributed by atoms with Gasteiger partial charge in [0, 0.05) is 13.1 Å². The molecule has 0 aliphatic carbocycles. The molecular formula is C11H14N4. The first-order valence-electron chi connectivity index (χ1n) is 5.12. The number of nitrogens with zero attached hydrogens (tertiary/aromatic N) is 3. The molecule has 1 aliphatic rings. The van der Waals surface area contributed by atoms with Crippen molar-refractivity contribution < 1.29 is 0 Å². The number of nitrogen functional groups attached to an aromatic ring is 1. The highest BCUT2D eigenvalue weighted by Gasteiger charge is 2.20. The summed E-state index contributed by atoms with van der Waals surface area (Å²) < 4.78 is 0. The second-order valence-electron chi connectivity index (χ2n) is 4.06. The molecule has 0 radical (unpaired) electrons. The van der Waals surface area contributed by atoms with E-state index in [1.165, 1.54) is 6.42 Å². The third-order valence-corrected chi connectivity index (χ3v) is 2.77. The highest BCUT2D eigenvalue weighted by molar-refractivity contribution is 5.55. The highest BCUT2D eigenvalue weighted by Crippen LogP contribution is 2.23. The molecule has 2 rings (SSSR count). The van der Waals surface area contributed by atoms with Crippen LogP contribution in [0.4, 0.5) is 11.5 Å². The number of nitriles is 1. The fourth-order valence-electron chi connectivity index (χ4n) is 1.87. The largest absolute Gasteiger partial charge is 0.396 e. The average molecular weight is 202 g/mol. The summed E-state index contributed by atoms with van der Waals surface area (Å²) in [6.07, 6.45) is 1.19. The first-order chi connectivity index (χ1) is 7.20. The number of aromatic nitrogens is 1. The van der Waals surface area contributed by atoms with Gasteiger partial charge in [-0.25, -0.2) is 4.98 Å². The Bertz CT molecular complexity index is 408. The molecule has 15 heavy (non-hydrogen) atoms. The number of hydrogen-bond acceptors (Lipinski definition) is 4. The lowest BCUT2D eigenvalue weighted by molar-refractivity contribution is 0.659. The lowest BCUT2D eigenvalue weighted by Crippen LogP contribution is -2.20. The zero-order valence-electron chi connectivity index (χ0n) is 8.77. The van der Waals surface area contributed by atoms with Crippen LogP contribution in [0.25, 0.3) is 0 Å². The first kappa shape index (κ1) is 9.78. The third-order valence-electron chi connectivity index (χ3n) is 2.77. The van der Waals surface area contributed by atoms with Crippen molar-refractivity contribution in [1.29, 1.82) is 5.26 Å². The molecule has 2 heterocycles. The van der Waals surface area contributed by atoms with Gasteiger partial charge in [0.2, 0.25) is 0 Å². The van der Waals surface area contributed by atoms with Crippen molar-refractivity contribution in [2.45, 2.75) is 13.3 Å². The zero-order valence-corrected chi connectivity index (χ0v) is 8.77. The zero-order chi connectivity index (χ0) is 10.8. The van der Waals surface area contributed by atoms with Crippen molar-refractivity contribution in [3.8, 4) is 6.07 Å². The summed E-state index contributed by atoms with van der Waals surface area (Å²) in [4.78, 5) is 6.45. The number of nitrogens with two attached hydrogens (primary N) is 1. The van der Waals surface area contributed by atoms with Crippen LogP contribution in [0.1, 0.15) is 19.0 Å². The van der Waals surface area contributed by atoms with E-state index in [1.54, 1.807) is 6.07 Å². The summed E-state index contributed by atoms with van der Waals surface area (Å²) in [6.45, 7) is 4.26. The molecule has 78 valence electrons. The molecule has 1 aromatic rings. The number of rotatable bonds is 1. The second kappa shape index (κ2) is 3.77. The van der Waals surface area contributed by atoms with E-state index < -0.39 is 0 Å². The van der Waals surface area contributed by atoms with Gasteiger partial charge in [-0.2, -0.15) is 5.26 Å². The van der Waals surface area contributed by atoms with Gasteiger partial charge in [-0.05, 0) is 24.5 Å². The number of anilines is 2. The van der Waals surface area contributed by atoms with E-state index >= 15 is 0 Å². The summed E-state index contributed by atoms with van der Waals surface area (Å²) in [5.41, 5.74) is 6.40. The van der Waals surface area contributed by atoms with E-state index in [9.17, 15) is 0 Å². The Kier molecular flexibility index (Phi) is 2.46. The molecule has 0 bridgehead atoms. The van der Waals surface area contributed by atoms with Gasteiger partial charge in [0.1, 0.15) is 11.9 Å². The summed E-state index contributed by atoms with van der Waals surface area (Å²) in [6, 6.07) is 5.64. The highest BCUT2D eigenvalue weighted by atomic mass is 15.2. The summed E-state index contributed by atoms with van der Waals surface area (Å²) in [5.74, 6) is 1.57. The maximum absolute atomic E-state index is 8.83. The van der Waals surface area contributed by atoms with Gasteiger partial charge in [-0.1, -0.05) is 6.92 Å². The number of hydrogen-bond donors (Lipinski definition) is 1. The van der Waals surface area contributed by atoms with Gasteiger partial charge in [0.15, 0.2) is 5.69 Å². The maximum Gasteiger partial charge on any atom is 0.165 e. The van der Waals surface area contributed by atoms with E-state index in [4.69, 9.17) is 11.0 Å². The van der Waals surface area contributed by atoms with Gasteiger partial charge in [-0.15, -0.1) is 0 Å². The van der Waals surface area contributed by atoms with Crippen LogP contribution in [0.3, 0.4) is 0 Å². The van der Waals surface area contributed by atoms with Crippen LogP contribution in [-0.2, 0) is 0 Å². The Morgan fingerprint density at radius 1 is 1.60 bits per heavy atom. The molecule has 4 heteroatoms. The molecule has 0 saturated carbocycles. The molecule has 2 N–H and O–H groups in total. The molecule has 0 amide bonds. The number of pyridine rings is 1. The van der Waals surface area contributed by atoms with Gasteiger partial charge in [-0.3, -0.25) is 0 Å². The first-order valence-corrected chi connectivity index (χ1v) is 5.12. The molecule has 0 aromatic carbocycles. The van der Waals surface area contributed by atoms with Crippen molar-refractivity contribution >= 4 is 11.5 Å². The SMILES string of the molecule is CC1CCN(c2ccc(N)c(C#N)n2)C1. The minimum Gasteiger partial charge on any atom is -0.396 e. The minimum absolute atomic E-state index is 0.326. The molecule has 1 fully saturated rings. The van der Waals surface area contributed by atoms with E-state index in [1.807, 2.05) is 12.1 Å². The van der Waals surface area contributed by atoms with Crippen LogP contribution in [-0.4, -0.2) is 18.1 Å². The van der Waals surface area contributed by atoms with E-state index in [-0.39, 0.29) is 0 Å². The Balaban J connectivity index is 2.26. The van der Waals surface area contributed by atoms with Gasteiger partial charge in [0.25, 0.3) is 0 Å². The average Bonchev–Trinajstić information content (AvgIpc) is 2.66. The second-order valence-corrected chi connectivity index (χ2v) is 4.06. The van der Waals surface area contributed by atoms with Crippen LogP contribution in [0, 0.1) is 17.2 Å². The normalized spacial score (nSPS) is 20.3. The van der Waals surface area contributed by atoms with Gasteiger partial charge >= 0.3 is 0 Å². The Labute approximate surface area is 89.3 Å². The predicted octanol–water partition coefficient (Wildman–Crippen LogP) is 1.38. The molecule has 1 saturated heterocycles. The minimum atomic E-state index is 0.326. The van der Waals surface area contributed by atoms with Crippen LogP contribution < -0.4 is 10.6 Å². The van der Waals surface area contributed by atoms with Crippen molar-refractivity contribution in [3.63, 3.8) is 0 Å². The molecule has 1 aromatic heterocycles. The Morgan fingerprint density at radius 2 is 2.40 bits per heavy atom. The molecular weight excluding hydrogens is 188 g/mol. The quantitative estimate of drug-likeness (QED) is 0.747. The molecule has 4 nitrogen and oxygen atoms in total. The molecule has 0 spiro atoms. The molecule has 1 atom stereocenters. The van der Waals surface area contributed by atoms with Crippen LogP contribution in [0.5, 0.6) is 0 Å². The smallest absolute Gasteiger partial charge is 0.165 e. The van der Waals surface area contributed by atoms with Crippen molar-refractivity contribution in [1.82, 2.24) is 4.98 Å². The Hall–Kier alpha value is -1.76. The van der Waals surface area contributed by atoms with Crippen LogP contribution in [0.2, 0.25) is 0 Å². The third kappa shape index (κ3) is 1.86. The summed E-state index contributed by atoms with van der Waals surface area (Å²) in [7, 11) is 0. The maximum atomic E-state index is 8.83.